The van der Waals surface area contributed by atoms with Crippen molar-refractivity contribution in [2.75, 3.05) is 0 Å². The minimum atomic E-state index is -2.88. The largest absolute Gasteiger partial charge is 0.435 e. The van der Waals surface area contributed by atoms with E-state index in [0.29, 0.717) is 34.7 Å². The molecular formula is C20H15F3N4O. The molecule has 0 atom stereocenters. The lowest BCUT2D eigenvalue weighted by Crippen LogP contribution is -2.04. The molecule has 0 fully saturated rings. The summed E-state index contributed by atoms with van der Waals surface area (Å²) in [5.74, 6) is 1.38. The second-order valence-corrected chi connectivity index (χ2v) is 5.99. The number of aryl methyl sites for hydroxylation is 1. The van der Waals surface area contributed by atoms with Crippen molar-refractivity contribution < 1.29 is 17.9 Å². The molecule has 0 unspecified atom stereocenters. The van der Waals surface area contributed by atoms with Crippen LogP contribution in [-0.4, -0.2) is 26.1 Å². The molecule has 8 heteroatoms. The van der Waals surface area contributed by atoms with Gasteiger partial charge in [-0.2, -0.15) is 8.78 Å². The van der Waals surface area contributed by atoms with Gasteiger partial charge in [0.2, 0.25) is 0 Å². The highest BCUT2D eigenvalue weighted by molar-refractivity contribution is 5.78. The Morgan fingerprint density at radius 2 is 1.82 bits per heavy atom. The topological polar surface area (TPSA) is 52.8 Å². The zero-order chi connectivity index (χ0) is 19.7. The Labute approximate surface area is 158 Å². The van der Waals surface area contributed by atoms with Crippen molar-refractivity contribution in [2.24, 2.45) is 0 Å². The number of nitrogens with zero attached hydrogens (tertiary/aromatic N) is 4. The summed E-state index contributed by atoms with van der Waals surface area (Å²) >= 11 is 0. The van der Waals surface area contributed by atoms with Gasteiger partial charge in [0.1, 0.15) is 23.2 Å². The van der Waals surface area contributed by atoms with Crippen LogP contribution >= 0.6 is 0 Å². The summed E-state index contributed by atoms with van der Waals surface area (Å²) in [6.07, 6.45) is 2.22. The first-order chi connectivity index (χ1) is 13.5. The molecule has 0 amide bonds. The number of aromatic nitrogens is 4. The number of hydrogen-bond acceptors (Lipinski definition) is 4. The molecule has 0 aliphatic carbocycles. The second kappa shape index (κ2) is 7.30. The second-order valence-electron chi connectivity index (χ2n) is 5.99. The summed E-state index contributed by atoms with van der Waals surface area (Å²) in [5.41, 5.74) is 1.92. The van der Waals surface area contributed by atoms with Gasteiger partial charge in [-0.05, 0) is 42.5 Å². The molecule has 0 N–H and O–H groups in total. The molecule has 0 saturated heterocycles. The molecule has 2 aromatic heterocycles. The van der Waals surface area contributed by atoms with Gasteiger partial charge in [0.05, 0.1) is 11.0 Å². The van der Waals surface area contributed by atoms with E-state index >= 15 is 0 Å². The van der Waals surface area contributed by atoms with Gasteiger partial charge in [0, 0.05) is 24.2 Å². The smallest absolute Gasteiger partial charge is 0.387 e. The summed E-state index contributed by atoms with van der Waals surface area (Å²) in [5, 5.41) is 0. The monoisotopic (exact) mass is 384 g/mol. The van der Waals surface area contributed by atoms with E-state index in [1.54, 1.807) is 35.0 Å². The van der Waals surface area contributed by atoms with E-state index in [2.05, 4.69) is 19.7 Å². The Morgan fingerprint density at radius 1 is 1.04 bits per heavy atom. The minimum Gasteiger partial charge on any atom is -0.435 e. The fourth-order valence-electron chi connectivity index (χ4n) is 2.99. The molecule has 142 valence electrons. The lowest BCUT2D eigenvalue weighted by molar-refractivity contribution is -0.0498. The SMILES string of the molecule is CCc1nc2ccc(F)cc2n1-c1ccnc(-c2ccc(OC(F)F)cc2)n1. The van der Waals surface area contributed by atoms with Crippen LogP contribution in [0.3, 0.4) is 0 Å². The maximum Gasteiger partial charge on any atom is 0.387 e. The highest BCUT2D eigenvalue weighted by atomic mass is 19.3. The van der Waals surface area contributed by atoms with Crippen molar-refractivity contribution in [2.45, 2.75) is 20.0 Å². The Balaban J connectivity index is 1.77. The zero-order valence-electron chi connectivity index (χ0n) is 14.8. The average Bonchev–Trinajstić information content (AvgIpc) is 3.06. The first-order valence-corrected chi connectivity index (χ1v) is 8.60. The van der Waals surface area contributed by atoms with Gasteiger partial charge >= 0.3 is 6.61 Å². The number of rotatable bonds is 5. The van der Waals surface area contributed by atoms with Crippen LogP contribution in [0.25, 0.3) is 28.2 Å². The highest BCUT2D eigenvalue weighted by Gasteiger charge is 2.14. The van der Waals surface area contributed by atoms with Gasteiger partial charge in [-0.15, -0.1) is 0 Å². The Hall–Kier alpha value is -3.42. The van der Waals surface area contributed by atoms with Gasteiger partial charge < -0.3 is 4.74 Å². The zero-order valence-corrected chi connectivity index (χ0v) is 14.8. The van der Waals surface area contributed by atoms with Crippen LogP contribution in [0.4, 0.5) is 13.2 Å². The van der Waals surface area contributed by atoms with Crippen LogP contribution < -0.4 is 4.74 Å². The fraction of sp³-hybridized carbons (Fsp3) is 0.150. The third-order valence-electron chi connectivity index (χ3n) is 4.21. The molecule has 5 nitrogen and oxygen atoms in total. The third kappa shape index (κ3) is 3.40. The van der Waals surface area contributed by atoms with E-state index in [0.717, 1.165) is 5.82 Å². The van der Waals surface area contributed by atoms with Gasteiger partial charge in [0.15, 0.2) is 5.82 Å². The molecule has 0 saturated carbocycles. The third-order valence-corrected chi connectivity index (χ3v) is 4.21. The van der Waals surface area contributed by atoms with Crippen molar-refractivity contribution in [1.82, 2.24) is 19.5 Å². The molecule has 0 radical (unpaired) electrons. The molecule has 4 aromatic rings. The van der Waals surface area contributed by atoms with E-state index in [1.165, 1.54) is 24.3 Å². The van der Waals surface area contributed by atoms with E-state index in [-0.39, 0.29) is 11.6 Å². The molecule has 0 spiro atoms. The Kier molecular flexibility index (Phi) is 4.68. The number of alkyl halides is 2. The highest BCUT2D eigenvalue weighted by Crippen LogP contribution is 2.25. The van der Waals surface area contributed by atoms with Crippen LogP contribution in [-0.2, 0) is 6.42 Å². The van der Waals surface area contributed by atoms with Crippen LogP contribution in [0.5, 0.6) is 5.75 Å². The van der Waals surface area contributed by atoms with E-state index < -0.39 is 6.61 Å². The molecular weight excluding hydrogens is 369 g/mol. The standard InChI is InChI=1S/C20H15F3N4O/c1-2-17-25-15-8-5-13(21)11-16(15)27(17)18-9-10-24-19(26-18)12-3-6-14(7-4-12)28-20(22)23/h3-11,20H,2H2,1H3. The molecule has 28 heavy (non-hydrogen) atoms. The maximum atomic E-state index is 13.8. The Bertz CT molecular complexity index is 1130. The Morgan fingerprint density at radius 3 is 2.54 bits per heavy atom. The number of hydrogen-bond donors (Lipinski definition) is 0. The van der Waals surface area contributed by atoms with Crippen LogP contribution in [0.1, 0.15) is 12.7 Å². The van der Waals surface area contributed by atoms with Crippen molar-refractivity contribution in [3.63, 3.8) is 0 Å². The lowest BCUT2D eigenvalue weighted by atomic mass is 10.2. The summed E-state index contributed by atoms with van der Waals surface area (Å²) in [4.78, 5) is 13.4. The minimum absolute atomic E-state index is 0.0549. The quantitative estimate of drug-likeness (QED) is 0.497. The molecule has 0 aliphatic heterocycles. The summed E-state index contributed by atoms with van der Waals surface area (Å²) in [6, 6.07) is 12.2. The van der Waals surface area contributed by atoms with Crippen LogP contribution in [0.2, 0.25) is 0 Å². The predicted octanol–water partition coefficient (Wildman–Crippen LogP) is 4.79. The van der Waals surface area contributed by atoms with Gasteiger partial charge in [-0.25, -0.2) is 19.3 Å². The van der Waals surface area contributed by atoms with Crippen LogP contribution in [0.15, 0.2) is 54.7 Å². The molecule has 0 bridgehead atoms. The summed E-state index contributed by atoms with van der Waals surface area (Å²) in [7, 11) is 0. The van der Waals surface area contributed by atoms with E-state index in [9.17, 15) is 13.2 Å². The van der Waals surface area contributed by atoms with Crippen molar-refractivity contribution in [3.8, 4) is 23.0 Å². The van der Waals surface area contributed by atoms with E-state index in [4.69, 9.17) is 0 Å². The van der Waals surface area contributed by atoms with Gasteiger partial charge in [-0.3, -0.25) is 4.57 Å². The number of imidazole rings is 1. The first-order valence-electron chi connectivity index (χ1n) is 8.60. The fourth-order valence-corrected chi connectivity index (χ4v) is 2.99. The molecule has 2 aromatic carbocycles. The lowest BCUT2D eigenvalue weighted by Gasteiger charge is -2.09. The van der Waals surface area contributed by atoms with Crippen molar-refractivity contribution >= 4 is 11.0 Å². The number of halogens is 3. The molecule has 4 rings (SSSR count). The van der Waals surface area contributed by atoms with Gasteiger partial charge in [-0.1, -0.05) is 6.92 Å². The first kappa shape index (κ1) is 18.0. The number of fused-ring (bicyclic) bond motifs is 1. The predicted molar refractivity (Wildman–Crippen MR) is 98.1 cm³/mol. The molecule has 2 heterocycles. The van der Waals surface area contributed by atoms with Crippen molar-refractivity contribution in [3.05, 3.63) is 66.4 Å². The summed E-state index contributed by atoms with van der Waals surface area (Å²) in [6.45, 7) is -0.925. The van der Waals surface area contributed by atoms with Gasteiger partial charge in [0.25, 0.3) is 0 Å². The maximum absolute atomic E-state index is 13.8. The molecule has 0 aliphatic rings. The van der Waals surface area contributed by atoms with Crippen LogP contribution in [0, 0.1) is 5.82 Å². The number of ether oxygens (including phenoxy) is 1. The summed E-state index contributed by atoms with van der Waals surface area (Å²) < 4.78 is 44.5. The average molecular weight is 384 g/mol. The number of benzene rings is 2. The van der Waals surface area contributed by atoms with Crippen molar-refractivity contribution in [1.29, 1.82) is 0 Å². The normalized spacial score (nSPS) is 11.3. The van der Waals surface area contributed by atoms with E-state index in [1.807, 2.05) is 6.92 Å².